The van der Waals surface area contributed by atoms with E-state index in [-0.39, 0.29) is 30.0 Å². The summed E-state index contributed by atoms with van der Waals surface area (Å²) in [5.74, 6) is 2.99. The molecule has 0 amide bonds. The highest BCUT2D eigenvalue weighted by molar-refractivity contribution is 14.0. The molecule has 3 rings (SSSR count). The Morgan fingerprint density at radius 3 is 2.83 bits per heavy atom. The van der Waals surface area contributed by atoms with E-state index in [4.69, 9.17) is 23.2 Å². The first-order valence-electron chi connectivity index (χ1n) is 9.91. The summed E-state index contributed by atoms with van der Waals surface area (Å²) in [5.41, 5.74) is 0.986. The number of nitrogens with one attached hydrogen (secondary N) is 2. The Kier molecular flexibility index (Phi) is 9.98. The van der Waals surface area contributed by atoms with Crippen molar-refractivity contribution in [2.24, 2.45) is 4.99 Å². The van der Waals surface area contributed by atoms with Crippen LogP contribution in [-0.4, -0.2) is 34.3 Å². The maximum atomic E-state index is 6.30. The summed E-state index contributed by atoms with van der Waals surface area (Å²) in [4.78, 5) is 4.31. The van der Waals surface area contributed by atoms with E-state index in [1.165, 1.54) is 19.3 Å². The molecule has 0 aliphatic carbocycles. The van der Waals surface area contributed by atoms with Crippen molar-refractivity contribution >= 4 is 53.1 Å². The monoisotopic (exact) mass is 550 g/mol. The first kappa shape index (κ1) is 24.2. The normalized spacial score (nSPS) is 15.1. The molecule has 2 aromatic rings. The summed E-state index contributed by atoms with van der Waals surface area (Å²) in [5, 5.41) is 16.8. The molecule has 0 spiro atoms. The molecular formula is C20H29Cl2IN6. The van der Waals surface area contributed by atoms with E-state index in [9.17, 15) is 0 Å². The topological polar surface area (TPSA) is 67.1 Å². The van der Waals surface area contributed by atoms with E-state index in [1.807, 2.05) is 19.1 Å². The smallest absolute Gasteiger partial charge is 0.191 e. The molecule has 0 radical (unpaired) electrons. The summed E-state index contributed by atoms with van der Waals surface area (Å²) >= 11 is 12.3. The van der Waals surface area contributed by atoms with Crippen LogP contribution in [0.4, 0.5) is 0 Å². The minimum absolute atomic E-state index is 0. The van der Waals surface area contributed by atoms with Crippen LogP contribution in [0.2, 0.25) is 10.0 Å². The lowest BCUT2D eigenvalue weighted by Gasteiger charge is -2.19. The molecule has 6 nitrogen and oxygen atoms in total. The lowest BCUT2D eigenvalue weighted by atomic mass is 10.1. The number of hydrogen-bond acceptors (Lipinski definition) is 3. The lowest BCUT2D eigenvalue weighted by Crippen LogP contribution is -2.39. The number of fused-ring (bicyclic) bond motifs is 1. The van der Waals surface area contributed by atoms with Gasteiger partial charge in [-0.2, -0.15) is 0 Å². The number of nitrogens with zero attached hydrogens (tertiary/aromatic N) is 4. The first-order chi connectivity index (χ1) is 13.6. The Labute approximate surface area is 199 Å². The van der Waals surface area contributed by atoms with Gasteiger partial charge >= 0.3 is 0 Å². The molecule has 1 aromatic heterocycles. The minimum Gasteiger partial charge on any atom is -0.356 e. The number of guanidine groups is 1. The van der Waals surface area contributed by atoms with E-state index in [2.05, 4.69) is 30.4 Å². The Morgan fingerprint density at radius 1 is 1.24 bits per heavy atom. The van der Waals surface area contributed by atoms with Crippen molar-refractivity contribution in [2.75, 3.05) is 13.6 Å². The van der Waals surface area contributed by atoms with Gasteiger partial charge in [0.2, 0.25) is 0 Å². The molecular weight excluding hydrogens is 522 g/mol. The van der Waals surface area contributed by atoms with Crippen LogP contribution in [0.5, 0.6) is 0 Å². The first-order valence-corrected chi connectivity index (χ1v) is 10.7. The highest BCUT2D eigenvalue weighted by atomic mass is 127. The SMILES string of the molecule is CN=C(NCCCc1nnc2n1CCCCC2)NC(C)c1ccc(Cl)cc1Cl.I. The molecule has 0 fully saturated rings. The fourth-order valence-electron chi connectivity index (χ4n) is 3.51. The van der Waals surface area contributed by atoms with Crippen LogP contribution < -0.4 is 10.6 Å². The van der Waals surface area contributed by atoms with Gasteiger partial charge < -0.3 is 15.2 Å². The molecule has 1 aliphatic rings. The predicted octanol–water partition coefficient (Wildman–Crippen LogP) is 4.79. The zero-order valence-electron chi connectivity index (χ0n) is 16.9. The number of halogens is 3. The van der Waals surface area contributed by atoms with Gasteiger partial charge in [-0.1, -0.05) is 35.7 Å². The minimum atomic E-state index is 0. The largest absolute Gasteiger partial charge is 0.356 e. The molecule has 0 saturated carbocycles. The van der Waals surface area contributed by atoms with Crippen LogP contribution in [-0.2, 0) is 19.4 Å². The van der Waals surface area contributed by atoms with Crippen LogP contribution >= 0.6 is 47.2 Å². The second-order valence-corrected chi connectivity index (χ2v) is 7.97. The number of aryl methyl sites for hydroxylation is 2. The Bertz CT molecular complexity index is 823. The zero-order valence-corrected chi connectivity index (χ0v) is 20.8. The third kappa shape index (κ3) is 6.72. The van der Waals surface area contributed by atoms with Crippen molar-refractivity contribution in [1.29, 1.82) is 0 Å². The fraction of sp³-hybridized carbons (Fsp3) is 0.550. The Balaban J connectivity index is 0.00000300. The summed E-state index contributed by atoms with van der Waals surface area (Å²) < 4.78 is 2.31. The third-order valence-corrected chi connectivity index (χ3v) is 5.62. The maximum absolute atomic E-state index is 6.30. The predicted molar refractivity (Wildman–Crippen MR) is 131 cm³/mol. The molecule has 0 bridgehead atoms. The highest BCUT2D eigenvalue weighted by Gasteiger charge is 2.15. The van der Waals surface area contributed by atoms with Crippen LogP contribution in [0.25, 0.3) is 0 Å². The summed E-state index contributed by atoms with van der Waals surface area (Å²) in [7, 11) is 1.77. The van der Waals surface area contributed by atoms with Gasteiger partial charge in [-0.15, -0.1) is 34.2 Å². The molecule has 2 N–H and O–H groups in total. The van der Waals surface area contributed by atoms with E-state index in [0.29, 0.717) is 10.0 Å². The van der Waals surface area contributed by atoms with Crippen molar-refractivity contribution in [2.45, 2.75) is 58.0 Å². The van der Waals surface area contributed by atoms with Gasteiger partial charge in [0.25, 0.3) is 0 Å². The average Bonchev–Trinajstić information content (AvgIpc) is 2.90. The summed E-state index contributed by atoms with van der Waals surface area (Å²) in [6, 6.07) is 5.56. The fourth-order valence-corrected chi connectivity index (χ4v) is 4.09. The highest BCUT2D eigenvalue weighted by Crippen LogP contribution is 2.26. The van der Waals surface area contributed by atoms with Crippen molar-refractivity contribution < 1.29 is 0 Å². The van der Waals surface area contributed by atoms with Crippen molar-refractivity contribution in [3.63, 3.8) is 0 Å². The molecule has 160 valence electrons. The Morgan fingerprint density at radius 2 is 2.07 bits per heavy atom. The van der Waals surface area contributed by atoms with Gasteiger partial charge in [0, 0.05) is 43.0 Å². The average molecular weight is 551 g/mol. The number of aromatic nitrogens is 3. The lowest BCUT2D eigenvalue weighted by molar-refractivity contribution is 0.592. The van der Waals surface area contributed by atoms with Crippen LogP contribution in [0.15, 0.2) is 23.2 Å². The van der Waals surface area contributed by atoms with Gasteiger partial charge in [-0.3, -0.25) is 4.99 Å². The summed E-state index contributed by atoms with van der Waals surface area (Å²) in [6.07, 6.45) is 6.65. The quantitative estimate of drug-likeness (QED) is 0.235. The van der Waals surface area contributed by atoms with Gasteiger partial charge in [0.15, 0.2) is 5.96 Å². The number of rotatable bonds is 6. The number of aliphatic imine (C=N–C) groups is 1. The van der Waals surface area contributed by atoms with E-state index < -0.39 is 0 Å². The van der Waals surface area contributed by atoms with E-state index in [1.54, 1.807) is 13.1 Å². The maximum Gasteiger partial charge on any atom is 0.191 e. The molecule has 9 heteroatoms. The van der Waals surface area contributed by atoms with Gasteiger partial charge in [0.1, 0.15) is 11.6 Å². The van der Waals surface area contributed by atoms with Crippen LogP contribution in [0, 0.1) is 0 Å². The second-order valence-electron chi connectivity index (χ2n) is 7.13. The van der Waals surface area contributed by atoms with E-state index >= 15 is 0 Å². The number of benzene rings is 1. The van der Waals surface area contributed by atoms with E-state index in [0.717, 1.165) is 55.5 Å². The zero-order chi connectivity index (χ0) is 19.9. The van der Waals surface area contributed by atoms with Gasteiger partial charge in [-0.25, -0.2) is 0 Å². The van der Waals surface area contributed by atoms with Crippen LogP contribution in [0.1, 0.15) is 55.9 Å². The molecule has 1 aliphatic heterocycles. The van der Waals surface area contributed by atoms with Crippen molar-refractivity contribution in [3.05, 3.63) is 45.5 Å². The molecule has 2 heterocycles. The second kappa shape index (κ2) is 12.0. The third-order valence-electron chi connectivity index (χ3n) is 5.06. The Hall–Kier alpha value is -1.06. The molecule has 1 aromatic carbocycles. The standard InChI is InChI=1S/C20H28Cl2N6.HI/c1-14(16-10-9-15(21)13-17(16)22)25-20(23-2)24-11-6-8-19-27-26-18-7-4-3-5-12-28(18)19;/h9-10,13-14H,3-8,11-12H2,1-2H3,(H2,23,24,25);1H. The molecule has 1 atom stereocenters. The van der Waals surface area contributed by atoms with Crippen molar-refractivity contribution in [3.8, 4) is 0 Å². The molecule has 0 saturated heterocycles. The van der Waals surface area contributed by atoms with Crippen molar-refractivity contribution in [1.82, 2.24) is 25.4 Å². The molecule has 29 heavy (non-hydrogen) atoms. The molecule has 1 unspecified atom stereocenters. The number of hydrogen-bond donors (Lipinski definition) is 2. The summed E-state index contributed by atoms with van der Waals surface area (Å²) in [6.45, 7) is 3.91. The van der Waals surface area contributed by atoms with Gasteiger partial charge in [0.05, 0.1) is 6.04 Å². The van der Waals surface area contributed by atoms with Crippen LogP contribution in [0.3, 0.4) is 0 Å². The van der Waals surface area contributed by atoms with Gasteiger partial charge in [-0.05, 0) is 43.9 Å².